The van der Waals surface area contributed by atoms with Crippen molar-refractivity contribution < 1.29 is 14.0 Å². The molecular formula is C11H14FN3O2. The number of aromatic nitrogens is 2. The van der Waals surface area contributed by atoms with Crippen LogP contribution < -0.4 is 0 Å². The van der Waals surface area contributed by atoms with E-state index in [0.29, 0.717) is 24.6 Å². The number of alkyl halides is 1. The minimum Gasteiger partial charge on any atom is -0.331 e. The van der Waals surface area contributed by atoms with Crippen molar-refractivity contribution in [3.8, 4) is 0 Å². The zero-order valence-corrected chi connectivity index (χ0v) is 9.81. The Morgan fingerprint density at radius 2 is 2.18 bits per heavy atom. The molecule has 17 heavy (non-hydrogen) atoms. The lowest BCUT2D eigenvalue weighted by Crippen LogP contribution is -2.42. The van der Waals surface area contributed by atoms with Crippen LogP contribution in [0.4, 0.5) is 4.39 Å². The predicted octanol–water partition coefficient (Wildman–Crippen LogP) is 0.786. The Hall–Kier alpha value is -1.72. The molecular weight excluding hydrogens is 225 g/mol. The number of hydrogen-bond acceptors (Lipinski definition) is 3. The van der Waals surface area contributed by atoms with E-state index in [9.17, 15) is 14.0 Å². The van der Waals surface area contributed by atoms with Crippen LogP contribution in [0.3, 0.4) is 0 Å². The molecule has 1 aromatic rings. The van der Waals surface area contributed by atoms with Gasteiger partial charge in [-0.25, -0.2) is 9.37 Å². The fraction of sp³-hybridized carbons (Fsp3) is 0.545. The number of halogens is 1. The third kappa shape index (κ3) is 2.07. The fourth-order valence-corrected chi connectivity index (χ4v) is 1.98. The second-order valence-corrected chi connectivity index (χ2v) is 4.14. The van der Waals surface area contributed by atoms with Crippen LogP contribution >= 0.6 is 0 Å². The molecule has 1 aliphatic heterocycles. The third-order valence-corrected chi connectivity index (χ3v) is 2.88. The van der Waals surface area contributed by atoms with Crippen molar-refractivity contribution in [2.75, 3.05) is 6.54 Å². The molecule has 1 aromatic heterocycles. The number of carbonyl (C=O) groups is 2. The van der Waals surface area contributed by atoms with E-state index < -0.39 is 12.1 Å². The van der Waals surface area contributed by atoms with Gasteiger partial charge < -0.3 is 9.47 Å². The van der Waals surface area contributed by atoms with E-state index in [1.54, 1.807) is 4.57 Å². The molecule has 0 saturated heterocycles. The largest absolute Gasteiger partial charge is 0.331 e. The van der Waals surface area contributed by atoms with Crippen LogP contribution in [0.15, 0.2) is 6.20 Å². The molecule has 0 N–H and O–H groups in total. The summed E-state index contributed by atoms with van der Waals surface area (Å²) in [5, 5.41) is 0. The molecule has 2 heterocycles. The summed E-state index contributed by atoms with van der Waals surface area (Å²) in [5.74, 6) is 0.0569. The molecule has 0 saturated carbocycles. The van der Waals surface area contributed by atoms with E-state index in [1.165, 1.54) is 24.9 Å². The van der Waals surface area contributed by atoms with Crippen molar-refractivity contribution in [1.82, 2.24) is 14.5 Å². The highest BCUT2D eigenvalue weighted by Gasteiger charge is 2.26. The molecule has 0 aliphatic carbocycles. The smallest absolute Gasteiger partial charge is 0.257 e. The van der Waals surface area contributed by atoms with Crippen LogP contribution in [-0.2, 0) is 17.9 Å². The highest BCUT2D eigenvalue weighted by molar-refractivity contribution is 5.92. The minimum absolute atomic E-state index is 0.0533. The first-order chi connectivity index (χ1) is 8.00. The lowest BCUT2D eigenvalue weighted by molar-refractivity contribution is -0.137. The SMILES string of the molecule is CC(=O)c1cnc2n1CCN(C(=O)C(C)F)C2. The maximum atomic E-state index is 12.9. The Morgan fingerprint density at radius 3 is 2.76 bits per heavy atom. The predicted molar refractivity (Wildman–Crippen MR) is 58.2 cm³/mol. The summed E-state index contributed by atoms with van der Waals surface area (Å²) >= 11 is 0. The Kier molecular flexibility index (Phi) is 2.95. The number of nitrogens with zero attached hydrogens (tertiary/aromatic N) is 3. The topological polar surface area (TPSA) is 55.2 Å². The number of Topliss-reactive ketones (excluding diaryl/α,β-unsaturated/α-hetero) is 1. The van der Waals surface area contributed by atoms with Gasteiger partial charge in [0.25, 0.3) is 5.91 Å². The molecule has 0 fully saturated rings. The summed E-state index contributed by atoms with van der Waals surface area (Å²) in [6, 6.07) is 0. The number of imidazole rings is 1. The quantitative estimate of drug-likeness (QED) is 0.717. The summed E-state index contributed by atoms with van der Waals surface area (Å²) < 4.78 is 14.7. The van der Waals surface area contributed by atoms with E-state index >= 15 is 0 Å². The van der Waals surface area contributed by atoms with Gasteiger partial charge in [-0.05, 0) is 6.92 Å². The van der Waals surface area contributed by atoms with Crippen LogP contribution in [0, 0.1) is 0 Å². The van der Waals surface area contributed by atoms with Crippen molar-refractivity contribution in [2.24, 2.45) is 0 Å². The standard InChI is InChI=1S/C11H14FN3O2/c1-7(12)11(17)14-3-4-15-9(8(2)16)5-13-10(15)6-14/h5,7H,3-4,6H2,1-2H3. The number of ketones is 1. The van der Waals surface area contributed by atoms with E-state index in [-0.39, 0.29) is 12.3 Å². The van der Waals surface area contributed by atoms with Crippen molar-refractivity contribution in [3.05, 3.63) is 17.7 Å². The van der Waals surface area contributed by atoms with Gasteiger partial charge in [-0.1, -0.05) is 0 Å². The highest BCUT2D eigenvalue weighted by atomic mass is 19.1. The van der Waals surface area contributed by atoms with Crippen molar-refractivity contribution in [2.45, 2.75) is 33.1 Å². The van der Waals surface area contributed by atoms with Crippen LogP contribution in [0.1, 0.15) is 30.2 Å². The highest BCUT2D eigenvalue weighted by Crippen LogP contribution is 2.15. The van der Waals surface area contributed by atoms with Crippen LogP contribution in [0.5, 0.6) is 0 Å². The van der Waals surface area contributed by atoms with E-state index in [0.717, 1.165) is 0 Å². The maximum absolute atomic E-state index is 12.9. The maximum Gasteiger partial charge on any atom is 0.257 e. The fourth-order valence-electron chi connectivity index (χ4n) is 1.98. The molecule has 1 atom stereocenters. The third-order valence-electron chi connectivity index (χ3n) is 2.88. The van der Waals surface area contributed by atoms with Crippen molar-refractivity contribution in [1.29, 1.82) is 0 Å². The first-order valence-electron chi connectivity index (χ1n) is 5.49. The van der Waals surface area contributed by atoms with Crippen LogP contribution in [-0.4, -0.2) is 38.9 Å². The second-order valence-electron chi connectivity index (χ2n) is 4.14. The summed E-state index contributed by atoms with van der Waals surface area (Å²) in [5.41, 5.74) is 0.542. The molecule has 2 rings (SSSR count). The van der Waals surface area contributed by atoms with Gasteiger partial charge in [0.05, 0.1) is 12.7 Å². The summed E-state index contributed by atoms with van der Waals surface area (Å²) in [4.78, 5) is 28.3. The number of carbonyl (C=O) groups excluding carboxylic acids is 2. The Labute approximate surface area is 98.2 Å². The first kappa shape index (κ1) is 11.8. The molecule has 1 amide bonds. The number of hydrogen-bond donors (Lipinski definition) is 0. The Balaban J connectivity index is 2.21. The zero-order chi connectivity index (χ0) is 12.6. The van der Waals surface area contributed by atoms with Gasteiger partial charge in [0.1, 0.15) is 11.5 Å². The lowest BCUT2D eigenvalue weighted by atomic mass is 10.2. The molecule has 6 heteroatoms. The van der Waals surface area contributed by atoms with Gasteiger partial charge in [-0.3, -0.25) is 9.59 Å². The second kappa shape index (κ2) is 4.27. The molecule has 0 radical (unpaired) electrons. The van der Waals surface area contributed by atoms with Gasteiger partial charge in [-0.15, -0.1) is 0 Å². The van der Waals surface area contributed by atoms with E-state index in [1.807, 2.05) is 0 Å². The average molecular weight is 239 g/mol. The Bertz CT molecular complexity index is 467. The normalized spacial score (nSPS) is 16.5. The van der Waals surface area contributed by atoms with Crippen LogP contribution in [0.25, 0.3) is 0 Å². The van der Waals surface area contributed by atoms with Gasteiger partial charge in [0, 0.05) is 20.0 Å². The lowest BCUT2D eigenvalue weighted by Gasteiger charge is -2.28. The minimum atomic E-state index is -1.50. The summed E-state index contributed by atoms with van der Waals surface area (Å²) in [7, 11) is 0. The molecule has 1 aliphatic rings. The van der Waals surface area contributed by atoms with Crippen LogP contribution in [0.2, 0.25) is 0 Å². The molecule has 92 valence electrons. The number of fused-ring (bicyclic) bond motifs is 1. The van der Waals surface area contributed by atoms with Gasteiger partial charge >= 0.3 is 0 Å². The van der Waals surface area contributed by atoms with E-state index in [2.05, 4.69) is 4.98 Å². The van der Waals surface area contributed by atoms with Crippen molar-refractivity contribution in [3.63, 3.8) is 0 Å². The van der Waals surface area contributed by atoms with E-state index in [4.69, 9.17) is 0 Å². The molecule has 0 bridgehead atoms. The molecule has 1 unspecified atom stereocenters. The molecule has 0 spiro atoms. The van der Waals surface area contributed by atoms with Crippen molar-refractivity contribution >= 4 is 11.7 Å². The number of amides is 1. The first-order valence-corrected chi connectivity index (χ1v) is 5.49. The summed E-state index contributed by atoms with van der Waals surface area (Å²) in [6.07, 6.45) is 0.00799. The summed E-state index contributed by atoms with van der Waals surface area (Å²) in [6.45, 7) is 3.87. The monoisotopic (exact) mass is 239 g/mol. The van der Waals surface area contributed by atoms with Gasteiger partial charge in [0.15, 0.2) is 12.0 Å². The molecule has 0 aromatic carbocycles. The van der Waals surface area contributed by atoms with Gasteiger partial charge in [-0.2, -0.15) is 0 Å². The average Bonchev–Trinajstić information content (AvgIpc) is 2.70. The van der Waals surface area contributed by atoms with Gasteiger partial charge in [0.2, 0.25) is 0 Å². The molecule has 5 nitrogen and oxygen atoms in total. The number of rotatable bonds is 2. The Morgan fingerprint density at radius 1 is 1.47 bits per heavy atom. The zero-order valence-electron chi connectivity index (χ0n) is 9.81.